The number of aliphatic hydroxyl groups is 1. The van der Waals surface area contributed by atoms with E-state index in [0.717, 1.165) is 11.1 Å². The summed E-state index contributed by atoms with van der Waals surface area (Å²) in [7, 11) is 0. The fraction of sp³-hybridized carbons (Fsp3) is 0.231. The number of nitrogens with one attached hydrogen (secondary N) is 1. The average Bonchev–Trinajstić information content (AvgIpc) is 2.91. The van der Waals surface area contributed by atoms with Crippen LogP contribution in [0.1, 0.15) is 16.7 Å². The van der Waals surface area contributed by atoms with E-state index >= 15 is 0 Å². The molecule has 1 aromatic carbocycles. The van der Waals surface area contributed by atoms with Crippen molar-refractivity contribution in [2.24, 2.45) is 0 Å². The largest absolute Gasteiger partial charge is 0.378 e. The molecule has 0 fully saturated rings. The SMILES string of the molecule is O=C(NCCc1nccs1)C(O)c1cccc(F)c1. The van der Waals surface area contributed by atoms with Gasteiger partial charge in [0, 0.05) is 24.5 Å². The molecular weight excluding hydrogens is 267 g/mol. The highest BCUT2D eigenvalue weighted by Gasteiger charge is 2.17. The Labute approximate surface area is 113 Å². The number of thiazole rings is 1. The van der Waals surface area contributed by atoms with Gasteiger partial charge in [0.05, 0.1) is 5.01 Å². The summed E-state index contributed by atoms with van der Waals surface area (Å²) in [5, 5.41) is 15.1. The Bertz CT molecular complexity index is 545. The molecule has 1 unspecified atom stereocenters. The molecule has 1 atom stereocenters. The average molecular weight is 280 g/mol. The standard InChI is InChI=1S/C13H13FN2O2S/c14-10-3-1-2-9(8-10)12(17)13(18)16-5-4-11-15-6-7-19-11/h1-3,6-8,12,17H,4-5H2,(H,16,18). The molecule has 100 valence electrons. The normalized spacial score (nSPS) is 12.1. The van der Waals surface area contributed by atoms with Crippen LogP contribution in [0.25, 0.3) is 0 Å². The monoisotopic (exact) mass is 280 g/mol. The van der Waals surface area contributed by atoms with Crippen LogP contribution >= 0.6 is 11.3 Å². The molecule has 0 saturated carbocycles. The third-order valence-corrected chi connectivity index (χ3v) is 3.37. The molecule has 0 aliphatic rings. The number of nitrogens with zero attached hydrogens (tertiary/aromatic N) is 1. The second-order valence-corrected chi connectivity index (χ2v) is 4.90. The number of amides is 1. The predicted octanol–water partition coefficient (Wildman–Crippen LogP) is 1.67. The summed E-state index contributed by atoms with van der Waals surface area (Å²) in [6.07, 6.45) is 0.954. The molecule has 1 amide bonds. The van der Waals surface area contributed by atoms with Crippen LogP contribution in [0.15, 0.2) is 35.8 Å². The number of hydrogen-bond donors (Lipinski definition) is 2. The number of benzene rings is 1. The van der Waals surface area contributed by atoms with Crippen molar-refractivity contribution in [1.82, 2.24) is 10.3 Å². The summed E-state index contributed by atoms with van der Waals surface area (Å²) in [5.74, 6) is -1.02. The maximum absolute atomic E-state index is 13.0. The molecule has 0 aliphatic carbocycles. The van der Waals surface area contributed by atoms with Crippen LogP contribution in [0.4, 0.5) is 4.39 Å². The first-order valence-electron chi connectivity index (χ1n) is 5.76. The molecule has 0 radical (unpaired) electrons. The Balaban J connectivity index is 1.85. The van der Waals surface area contributed by atoms with Gasteiger partial charge in [0.15, 0.2) is 6.10 Å². The predicted molar refractivity (Wildman–Crippen MR) is 70.2 cm³/mol. The van der Waals surface area contributed by atoms with Crippen molar-refractivity contribution in [1.29, 1.82) is 0 Å². The minimum Gasteiger partial charge on any atom is -0.378 e. The van der Waals surface area contributed by atoms with Crippen LogP contribution in [0.2, 0.25) is 0 Å². The lowest BCUT2D eigenvalue weighted by Crippen LogP contribution is -2.31. The molecule has 2 N–H and O–H groups in total. The minimum absolute atomic E-state index is 0.242. The van der Waals surface area contributed by atoms with Gasteiger partial charge < -0.3 is 10.4 Å². The highest BCUT2D eigenvalue weighted by Crippen LogP contribution is 2.14. The summed E-state index contributed by atoms with van der Waals surface area (Å²) in [4.78, 5) is 15.8. The van der Waals surface area contributed by atoms with Crippen LogP contribution < -0.4 is 5.32 Å². The molecular formula is C13H13FN2O2S. The lowest BCUT2D eigenvalue weighted by atomic mass is 10.1. The van der Waals surface area contributed by atoms with E-state index in [-0.39, 0.29) is 5.56 Å². The maximum Gasteiger partial charge on any atom is 0.253 e. The number of halogens is 1. The van der Waals surface area contributed by atoms with Gasteiger partial charge in [-0.05, 0) is 17.7 Å². The van der Waals surface area contributed by atoms with Crippen molar-refractivity contribution in [3.05, 3.63) is 52.2 Å². The van der Waals surface area contributed by atoms with Crippen molar-refractivity contribution in [3.63, 3.8) is 0 Å². The summed E-state index contributed by atoms with van der Waals surface area (Å²) < 4.78 is 13.0. The Morgan fingerprint density at radius 3 is 3.05 bits per heavy atom. The van der Waals surface area contributed by atoms with Gasteiger partial charge in [-0.1, -0.05) is 12.1 Å². The minimum atomic E-state index is -1.35. The number of carbonyl (C=O) groups excluding carboxylic acids is 1. The van der Waals surface area contributed by atoms with Crippen molar-refractivity contribution in [3.8, 4) is 0 Å². The first-order chi connectivity index (χ1) is 9.16. The summed E-state index contributed by atoms with van der Waals surface area (Å²) in [6.45, 7) is 0.388. The van der Waals surface area contributed by atoms with Crippen LogP contribution in [0.3, 0.4) is 0 Å². The molecule has 1 heterocycles. The molecule has 0 saturated heterocycles. The molecule has 4 nitrogen and oxygen atoms in total. The fourth-order valence-electron chi connectivity index (χ4n) is 1.59. The van der Waals surface area contributed by atoms with Gasteiger partial charge in [0.25, 0.3) is 5.91 Å². The lowest BCUT2D eigenvalue weighted by molar-refractivity contribution is -0.129. The van der Waals surface area contributed by atoms with E-state index in [4.69, 9.17) is 0 Å². The zero-order chi connectivity index (χ0) is 13.7. The third-order valence-electron chi connectivity index (χ3n) is 2.53. The topological polar surface area (TPSA) is 62.2 Å². The first kappa shape index (κ1) is 13.6. The van der Waals surface area contributed by atoms with Crippen LogP contribution in [0, 0.1) is 5.82 Å². The highest BCUT2D eigenvalue weighted by molar-refractivity contribution is 7.09. The first-order valence-corrected chi connectivity index (χ1v) is 6.64. The number of hydrogen-bond acceptors (Lipinski definition) is 4. The van der Waals surface area contributed by atoms with Crippen LogP contribution in [-0.2, 0) is 11.2 Å². The van der Waals surface area contributed by atoms with E-state index in [1.165, 1.54) is 29.5 Å². The molecule has 6 heteroatoms. The van der Waals surface area contributed by atoms with E-state index in [0.29, 0.717) is 13.0 Å². The van der Waals surface area contributed by atoms with Gasteiger partial charge in [-0.25, -0.2) is 9.37 Å². The number of rotatable bonds is 5. The fourth-order valence-corrected chi connectivity index (χ4v) is 2.21. The molecule has 1 aromatic heterocycles. The zero-order valence-corrected chi connectivity index (χ0v) is 10.9. The quantitative estimate of drug-likeness (QED) is 0.876. The Morgan fingerprint density at radius 2 is 2.37 bits per heavy atom. The van der Waals surface area contributed by atoms with E-state index in [1.54, 1.807) is 6.20 Å². The lowest BCUT2D eigenvalue weighted by Gasteiger charge is -2.11. The van der Waals surface area contributed by atoms with Gasteiger partial charge >= 0.3 is 0 Å². The Morgan fingerprint density at radius 1 is 1.53 bits per heavy atom. The van der Waals surface area contributed by atoms with E-state index in [2.05, 4.69) is 10.3 Å². The van der Waals surface area contributed by atoms with Crippen molar-refractivity contribution >= 4 is 17.2 Å². The number of aromatic nitrogens is 1. The zero-order valence-electron chi connectivity index (χ0n) is 10.0. The van der Waals surface area contributed by atoms with E-state index < -0.39 is 17.8 Å². The smallest absolute Gasteiger partial charge is 0.253 e. The third kappa shape index (κ3) is 3.84. The molecule has 2 aromatic rings. The van der Waals surface area contributed by atoms with Gasteiger partial charge in [-0.3, -0.25) is 4.79 Å². The van der Waals surface area contributed by atoms with Crippen molar-refractivity contribution in [2.45, 2.75) is 12.5 Å². The Hall–Kier alpha value is -1.79. The van der Waals surface area contributed by atoms with Gasteiger partial charge in [-0.2, -0.15) is 0 Å². The van der Waals surface area contributed by atoms with Crippen LogP contribution in [-0.4, -0.2) is 22.5 Å². The number of aliphatic hydroxyl groups excluding tert-OH is 1. The number of carbonyl (C=O) groups is 1. The molecule has 0 bridgehead atoms. The second-order valence-electron chi connectivity index (χ2n) is 3.92. The van der Waals surface area contributed by atoms with Gasteiger partial charge in [0.1, 0.15) is 5.82 Å². The molecule has 19 heavy (non-hydrogen) atoms. The van der Waals surface area contributed by atoms with Crippen molar-refractivity contribution in [2.75, 3.05) is 6.54 Å². The van der Waals surface area contributed by atoms with Gasteiger partial charge in [-0.15, -0.1) is 11.3 Å². The Kier molecular flexibility index (Phi) is 4.59. The molecule has 0 spiro atoms. The molecule has 0 aliphatic heterocycles. The maximum atomic E-state index is 13.0. The van der Waals surface area contributed by atoms with Gasteiger partial charge in [0.2, 0.25) is 0 Å². The molecule has 2 rings (SSSR count). The summed E-state index contributed by atoms with van der Waals surface area (Å²) in [6, 6.07) is 5.37. The van der Waals surface area contributed by atoms with E-state index in [9.17, 15) is 14.3 Å². The summed E-state index contributed by atoms with van der Waals surface area (Å²) in [5.41, 5.74) is 0.242. The second kappa shape index (κ2) is 6.40. The van der Waals surface area contributed by atoms with Crippen LogP contribution in [0.5, 0.6) is 0 Å². The van der Waals surface area contributed by atoms with E-state index in [1.807, 2.05) is 5.38 Å². The summed E-state index contributed by atoms with van der Waals surface area (Å²) >= 11 is 1.51. The van der Waals surface area contributed by atoms with Crippen molar-refractivity contribution < 1.29 is 14.3 Å². The highest BCUT2D eigenvalue weighted by atomic mass is 32.1.